The van der Waals surface area contributed by atoms with E-state index < -0.39 is 4.92 Å². The smallest absolute Gasteiger partial charge is 0.353 e. The van der Waals surface area contributed by atoms with Crippen LogP contribution in [0.4, 0.5) is 17.3 Å². The molecule has 2 heterocycles. The normalized spacial score (nSPS) is 16.7. The first-order chi connectivity index (χ1) is 8.63. The fourth-order valence-corrected chi connectivity index (χ4v) is 2.03. The Kier molecular flexibility index (Phi) is 3.56. The van der Waals surface area contributed by atoms with Crippen molar-refractivity contribution in [1.29, 1.82) is 0 Å². The predicted molar refractivity (Wildman–Crippen MR) is 65.7 cm³/mol. The molecule has 0 saturated carbocycles. The average molecular weight is 253 g/mol. The van der Waals surface area contributed by atoms with Gasteiger partial charge in [0, 0.05) is 20.1 Å². The molecule has 8 nitrogen and oxygen atoms in total. The summed E-state index contributed by atoms with van der Waals surface area (Å²) >= 11 is 0. The number of piperidine rings is 1. The minimum Gasteiger partial charge on any atom is -0.393 e. The van der Waals surface area contributed by atoms with E-state index in [4.69, 9.17) is 0 Å². The van der Waals surface area contributed by atoms with Crippen molar-refractivity contribution in [3.8, 4) is 0 Å². The van der Waals surface area contributed by atoms with Gasteiger partial charge in [0.15, 0.2) is 0 Å². The number of hydrogen-bond acceptors (Lipinski definition) is 7. The van der Waals surface area contributed by atoms with Crippen molar-refractivity contribution < 1.29 is 10.0 Å². The molecule has 0 atom stereocenters. The third-order valence-corrected chi connectivity index (χ3v) is 2.99. The molecule has 0 aliphatic carbocycles. The lowest BCUT2D eigenvalue weighted by atomic mass is 10.1. The molecular formula is C10H15N5O3. The molecule has 0 radical (unpaired) electrons. The quantitative estimate of drug-likeness (QED) is 0.593. The first-order valence-electron chi connectivity index (χ1n) is 5.73. The number of aliphatic hydroxyl groups is 1. The largest absolute Gasteiger partial charge is 0.393 e. The van der Waals surface area contributed by atoms with Gasteiger partial charge in [-0.25, -0.2) is 9.97 Å². The summed E-state index contributed by atoms with van der Waals surface area (Å²) in [7, 11) is 1.58. The molecule has 0 aromatic carbocycles. The first kappa shape index (κ1) is 12.5. The van der Waals surface area contributed by atoms with E-state index in [-0.39, 0.29) is 17.6 Å². The number of aliphatic hydroxyl groups excluding tert-OH is 1. The second-order valence-electron chi connectivity index (χ2n) is 4.12. The Hall–Kier alpha value is -1.96. The summed E-state index contributed by atoms with van der Waals surface area (Å²) in [6.07, 6.45) is 2.16. The third kappa shape index (κ3) is 2.33. The summed E-state index contributed by atoms with van der Waals surface area (Å²) in [5.74, 6) is 0.516. The van der Waals surface area contributed by atoms with Gasteiger partial charge in [0.25, 0.3) is 0 Å². The number of hydrogen-bond donors (Lipinski definition) is 2. The van der Waals surface area contributed by atoms with Crippen molar-refractivity contribution in [2.75, 3.05) is 30.4 Å². The standard InChI is InChI=1S/C10H15N5O3/c1-11-9-8(15(17)18)10(13-6-12-9)14-4-2-7(16)3-5-14/h6-7,16H,2-5H2,1H3,(H,11,12,13). The highest BCUT2D eigenvalue weighted by molar-refractivity contribution is 5.70. The van der Waals surface area contributed by atoms with E-state index in [0.29, 0.717) is 31.7 Å². The third-order valence-electron chi connectivity index (χ3n) is 2.99. The average Bonchev–Trinajstić information content (AvgIpc) is 2.38. The van der Waals surface area contributed by atoms with Crippen LogP contribution in [0.25, 0.3) is 0 Å². The number of nitro groups is 1. The molecular weight excluding hydrogens is 238 g/mol. The Morgan fingerprint density at radius 2 is 2.17 bits per heavy atom. The molecule has 98 valence electrons. The van der Waals surface area contributed by atoms with Crippen molar-refractivity contribution >= 4 is 17.3 Å². The zero-order valence-corrected chi connectivity index (χ0v) is 10.0. The molecule has 0 unspecified atom stereocenters. The highest BCUT2D eigenvalue weighted by Crippen LogP contribution is 2.32. The number of aromatic nitrogens is 2. The van der Waals surface area contributed by atoms with Crippen molar-refractivity contribution in [1.82, 2.24) is 9.97 Å². The van der Waals surface area contributed by atoms with E-state index in [1.54, 1.807) is 7.05 Å². The van der Waals surface area contributed by atoms with Crippen molar-refractivity contribution in [2.24, 2.45) is 0 Å². The van der Waals surface area contributed by atoms with Crippen LogP contribution >= 0.6 is 0 Å². The molecule has 1 saturated heterocycles. The maximum Gasteiger partial charge on any atom is 0.353 e. The number of rotatable bonds is 3. The maximum absolute atomic E-state index is 11.1. The Morgan fingerprint density at radius 3 is 2.72 bits per heavy atom. The minimum absolute atomic E-state index is 0.114. The topological polar surface area (TPSA) is 104 Å². The molecule has 2 N–H and O–H groups in total. The lowest BCUT2D eigenvalue weighted by molar-refractivity contribution is -0.383. The van der Waals surface area contributed by atoms with E-state index in [1.807, 2.05) is 4.90 Å². The van der Waals surface area contributed by atoms with Crippen LogP contribution in [0.2, 0.25) is 0 Å². The summed E-state index contributed by atoms with van der Waals surface area (Å²) in [6.45, 7) is 1.12. The van der Waals surface area contributed by atoms with Crippen LogP contribution in [0.15, 0.2) is 6.33 Å². The Labute approximate surface area is 104 Å². The van der Waals surface area contributed by atoms with E-state index in [1.165, 1.54) is 6.33 Å². The van der Waals surface area contributed by atoms with E-state index in [2.05, 4.69) is 15.3 Å². The lowest BCUT2D eigenvalue weighted by Gasteiger charge is -2.30. The Balaban J connectivity index is 2.35. The molecule has 1 fully saturated rings. The van der Waals surface area contributed by atoms with Gasteiger partial charge in [0.05, 0.1) is 11.0 Å². The van der Waals surface area contributed by atoms with Crippen LogP contribution in [0, 0.1) is 10.1 Å². The molecule has 1 aromatic heterocycles. The van der Waals surface area contributed by atoms with Gasteiger partial charge in [-0.2, -0.15) is 0 Å². The van der Waals surface area contributed by atoms with Crippen LogP contribution in [0.5, 0.6) is 0 Å². The summed E-state index contributed by atoms with van der Waals surface area (Å²) in [6, 6.07) is 0. The van der Waals surface area contributed by atoms with Crippen LogP contribution in [-0.4, -0.2) is 46.2 Å². The van der Waals surface area contributed by atoms with Gasteiger partial charge < -0.3 is 15.3 Å². The number of nitrogens with zero attached hydrogens (tertiary/aromatic N) is 4. The molecule has 1 aromatic rings. The maximum atomic E-state index is 11.1. The van der Waals surface area contributed by atoms with E-state index in [9.17, 15) is 15.2 Å². The molecule has 8 heteroatoms. The molecule has 0 amide bonds. The summed E-state index contributed by atoms with van der Waals surface area (Å²) < 4.78 is 0. The molecule has 0 bridgehead atoms. The SMILES string of the molecule is CNc1ncnc(N2CCC(O)CC2)c1[N+](=O)[O-]. The van der Waals surface area contributed by atoms with Gasteiger partial charge in [0.2, 0.25) is 11.6 Å². The van der Waals surface area contributed by atoms with Gasteiger partial charge in [-0.05, 0) is 12.8 Å². The Bertz CT molecular complexity index is 445. The van der Waals surface area contributed by atoms with Crippen molar-refractivity contribution in [2.45, 2.75) is 18.9 Å². The van der Waals surface area contributed by atoms with Crippen LogP contribution in [0.1, 0.15) is 12.8 Å². The fraction of sp³-hybridized carbons (Fsp3) is 0.600. The fourth-order valence-electron chi connectivity index (χ4n) is 2.03. The molecule has 1 aliphatic heterocycles. The molecule has 1 aliphatic rings. The second kappa shape index (κ2) is 5.13. The number of nitrogens with one attached hydrogen (secondary N) is 1. The first-order valence-corrected chi connectivity index (χ1v) is 5.73. The minimum atomic E-state index is -0.480. The van der Waals surface area contributed by atoms with Crippen LogP contribution in [0.3, 0.4) is 0 Å². The van der Waals surface area contributed by atoms with E-state index in [0.717, 1.165) is 0 Å². The molecule has 18 heavy (non-hydrogen) atoms. The molecule has 0 spiro atoms. The summed E-state index contributed by atoms with van der Waals surface area (Å²) in [5.41, 5.74) is -0.114. The van der Waals surface area contributed by atoms with Crippen molar-refractivity contribution in [3.63, 3.8) is 0 Å². The Morgan fingerprint density at radius 1 is 1.50 bits per heavy atom. The number of anilines is 2. The van der Waals surface area contributed by atoms with Crippen LogP contribution < -0.4 is 10.2 Å². The monoisotopic (exact) mass is 253 g/mol. The molecule has 2 rings (SSSR count). The van der Waals surface area contributed by atoms with Gasteiger partial charge in [0.1, 0.15) is 6.33 Å². The van der Waals surface area contributed by atoms with Gasteiger partial charge >= 0.3 is 5.69 Å². The van der Waals surface area contributed by atoms with Gasteiger partial charge in [-0.3, -0.25) is 10.1 Å². The van der Waals surface area contributed by atoms with Gasteiger partial charge in [-0.1, -0.05) is 0 Å². The van der Waals surface area contributed by atoms with Gasteiger partial charge in [-0.15, -0.1) is 0 Å². The zero-order chi connectivity index (χ0) is 13.1. The van der Waals surface area contributed by atoms with Crippen molar-refractivity contribution in [3.05, 3.63) is 16.4 Å². The zero-order valence-electron chi connectivity index (χ0n) is 10.0. The lowest BCUT2D eigenvalue weighted by Crippen LogP contribution is -2.36. The highest BCUT2D eigenvalue weighted by atomic mass is 16.6. The predicted octanol–water partition coefficient (Wildman–Crippen LogP) is 0.388. The summed E-state index contributed by atoms with van der Waals surface area (Å²) in [4.78, 5) is 20.3. The van der Waals surface area contributed by atoms with E-state index >= 15 is 0 Å². The second-order valence-corrected chi connectivity index (χ2v) is 4.12. The van der Waals surface area contributed by atoms with Crippen LogP contribution in [-0.2, 0) is 0 Å². The highest BCUT2D eigenvalue weighted by Gasteiger charge is 2.28. The summed E-state index contributed by atoms with van der Waals surface area (Å²) in [5, 5.41) is 23.3.